The summed E-state index contributed by atoms with van der Waals surface area (Å²) in [6, 6.07) is 0. The van der Waals surface area contributed by atoms with Crippen molar-refractivity contribution >= 4 is 0 Å². The van der Waals surface area contributed by atoms with E-state index in [1.165, 1.54) is 32.1 Å². The second-order valence-electron chi connectivity index (χ2n) is 2.24. The summed E-state index contributed by atoms with van der Waals surface area (Å²) in [6.07, 6.45) is 2.50. The van der Waals surface area contributed by atoms with E-state index < -0.39 is 6.36 Å². The summed E-state index contributed by atoms with van der Waals surface area (Å²) in [6.45, 7) is 0. The summed E-state index contributed by atoms with van der Waals surface area (Å²) in [5, 5.41) is 6.52. The third-order valence-corrected chi connectivity index (χ3v) is 1.25. The molecule has 0 aromatic carbocycles. The fourth-order valence-corrected chi connectivity index (χ4v) is 0.884. The molecule has 62 valence electrons. The highest BCUT2D eigenvalue weighted by molar-refractivity contribution is 4.51. The van der Waals surface area contributed by atoms with E-state index in [1.807, 2.05) is 0 Å². The van der Waals surface area contributed by atoms with Gasteiger partial charge in [0.25, 0.3) is 0 Å². The van der Waals surface area contributed by atoms with Gasteiger partial charge in [-0.05, 0) is 0 Å². The maximum absolute atomic E-state index is 9.91. The Morgan fingerprint density at radius 2 is 0.900 bits per heavy atom. The number of hydrogen-bond acceptors (Lipinski definition) is 1. The van der Waals surface area contributed by atoms with Gasteiger partial charge in [0.05, 0.1) is 0 Å². The van der Waals surface area contributed by atoms with Gasteiger partial charge in [0.2, 0.25) is 0 Å². The highest BCUT2D eigenvalue weighted by Crippen LogP contribution is 2.15. The quantitative estimate of drug-likeness (QED) is 0.571. The predicted octanol–water partition coefficient (Wildman–Crippen LogP) is 2.45. The van der Waals surface area contributed by atoms with Gasteiger partial charge < -0.3 is 5.11 Å². The zero-order chi connectivity index (χ0) is 8.04. The van der Waals surface area contributed by atoms with Crippen LogP contribution in [-0.4, -0.2) is 11.5 Å². The lowest BCUT2D eigenvalue weighted by Gasteiger charge is -1.86. The average Bonchev–Trinajstić information content (AvgIpc) is 2.07. The highest BCUT2D eigenvalue weighted by Gasteiger charge is 2.20. The van der Waals surface area contributed by atoms with Crippen LogP contribution in [-0.2, 0) is 0 Å². The third kappa shape index (κ3) is 15.7. The van der Waals surface area contributed by atoms with Gasteiger partial charge in [-0.1, -0.05) is 32.1 Å². The van der Waals surface area contributed by atoms with Crippen LogP contribution in [0.5, 0.6) is 0 Å². The summed E-state index contributed by atoms with van der Waals surface area (Å²) >= 11 is 0. The van der Waals surface area contributed by atoms with E-state index >= 15 is 0 Å². The average molecular weight is 156 g/mol. The van der Waals surface area contributed by atoms with Gasteiger partial charge in [0.1, 0.15) is 0 Å². The van der Waals surface area contributed by atoms with Crippen LogP contribution in [0, 0.1) is 0 Å². The second kappa shape index (κ2) is 4.55. The molecule has 1 aliphatic carbocycles. The van der Waals surface area contributed by atoms with Crippen molar-refractivity contribution < 1.29 is 18.3 Å². The van der Waals surface area contributed by atoms with Gasteiger partial charge in [0, 0.05) is 0 Å². The van der Waals surface area contributed by atoms with Crippen LogP contribution in [0.1, 0.15) is 32.1 Å². The Morgan fingerprint density at radius 3 is 1.00 bits per heavy atom. The first-order valence-corrected chi connectivity index (χ1v) is 3.29. The Labute approximate surface area is 57.9 Å². The largest absolute Gasteiger partial charge is 0.519 e. The number of alkyl halides is 3. The molecule has 1 aliphatic rings. The Kier molecular flexibility index (Phi) is 4.43. The molecule has 4 heteroatoms. The number of aliphatic hydroxyl groups is 1. The van der Waals surface area contributed by atoms with Crippen LogP contribution in [0.2, 0.25) is 0 Å². The van der Waals surface area contributed by atoms with E-state index in [9.17, 15) is 13.2 Å². The molecule has 0 heterocycles. The zero-order valence-corrected chi connectivity index (χ0v) is 5.62. The molecular formula is C6H11F3O. The van der Waals surface area contributed by atoms with Crippen molar-refractivity contribution in [3.05, 3.63) is 0 Å². The van der Waals surface area contributed by atoms with E-state index in [0.29, 0.717) is 0 Å². The van der Waals surface area contributed by atoms with E-state index in [4.69, 9.17) is 5.11 Å². The molecule has 0 bridgehead atoms. The SMILES string of the molecule is C1CCCC1.OC(F)(F)F. The smallest absolute Gasteiger partial charge is 0.308 e. The maximum atomic E-state index is 9.91. The third-order valence-electron chi connectivity index (χ3n) is 1.25. The number of halogens is 3. The van der Waals surface area contributed by atoms with E-state index in [1.54, 1.807) is 0 Å². The van der Waals surface area contributed by atoms with Crippen LogP contribution in [0.4, 0.5) is 13.2 Å². The normalized spacial score (nSPS) is 18.0. The topological polar surface area (TPSA) is 20.2 Å². The molecule has 1 rings (SSSR count). The van der Waals surface area contributed by atoms with Crippen molar-refractivity contribution in [3.63, 3.8) is 0 Å². The molecule has 1 saturated carbocycles. The molecule has 0 amide bonds. The Bertz CT molecular complexity index is 61.9. The lowest BCUT2D eigenvalue weighted by atomic mass is 10.4. The first kappa shape index (κ1) is 9.75. The van der Waals surface area contributed by atoms with Gasteiger partial charge in [-0.3, -0.25) is 0 Å². The molecule has 0 aliphatic heterocycles. The Hall–Kier alpha value is -0.250. The minimum Gasteiger partial charge on any atom is -0.308 e. The molecule has 0 unspecified atom stereocenters. The Morgan fingerprint density at radius 1 is 0.800 bits per heavy atom. The fraction of sp³-hybridized carbons (Fsp3) is 1.00. The number of hydrogen-bond donors (Lipinski definition) is 1. The van der Waals surface area contributed by atoms with E-state index in [2.05, 4.69) is 0 Å². The first-order valence-electron chi connectivity index (χ1n) is 3.29. The van der Waals surface area contributed by atoms with Crippen molar-refractivity contribution in [2.75, 3.05) is 0 Å². The monoisotopic (exact) mass is 156 g/mol. The van der Waals surface area contributed by atoms with Gasteiger partial charge >= 0.3 is 6.36 Å². The maximum Gasteiger partial charge on any atom is 0.519 e. The van der Waals surface area contributed by atoms with Crippen molar-refractivity contribution in [1.29, 1.82) is 0 Å². The number of rotatable bonds is 0. The van der Waals surface area contributed by atoms with Crippen molar-refractivity contribution in [2.45, 2.75) is 38.5 Å². The molecule has 10 heavy (non-hydrogen) atoms. The molecule has 0 aromatic rings. The van der Waals surface area contributed by atoms with Crippen LogP contribution in [0.25, 0.3) is 0 Å². The first-order chi connectivity index (χ1) is 4.50. The molecule has 1 N–H and O–H groups in total. The second-order valence-corrected chi connectivity index (χ2v) is 2.24. The van der Waals surface area contributed by atoms with E-state index in [0.717, 1.165) is 0 Å². The summed E-state index contributed by atoms with van der Waals surface area (Å²) in [4.78, 5) is 0. The lowest BCUT2D eigenvalue weighted by molar-refractivity contribution is -0.295. The minimum atomic E-state index is -5.00. The van der Waals surface area contributed by atoms with Crippen LogP contribution in [0.3, 0.4) is 0 Å². The molecule has 0 radical (unpaired) electrons. The fourth-order valence-electron chi connectivity index (χ4n) is 0.884. The van der Waals surface area contributed by atoms with Crippen LogP contribution < -0.4 is 0 Å². The summed E-state index contributed by atoms with van der Waals surface area (Å²) < 4.78 is 29.7. The zero-order valence-electron chi connectivity index (χ0n) is 5.62. The van der Waals surface area contributed by atoms with Gasteiger partial charge in [-0.15, -0.1) is 13.2 Å². The van der Waals surface area contributed by atoms with Crippen LogP contribution in [0.15, 0.2) is 0 Å². The minimum absolute atomic E-state index is 1.50. The molecule has 1 nitrogen and oxygen atoms in total. The van der Waals surface area contributed by atoms with Gasteiger partial charge in [-0.25, -0.2) is 0 Å². The van der Waals surface area contributed by atoms with Crippen molar-refractivity contribution in [3.8, 4) is 0 Å². The van der Waals surface area contributed by atoms with Gasteiger partial charge in [0.15, 0.2) is 0 Å². The van der Waals surface area contributed by atoms with Crippen molar-refractivity contribution in [1.82, 2.24) is 0 Å². The van der Waals surface area contributed by atoms with Gasteiger partial charge in [-0.2, -0.15) is 0 Å². The predicted molar refractivity (Wildman–Crippen MR) is 31.4 cm³/mol. The standard InChI is InChI=1S/C5H10.CHF3O/c1-2-4-5-3-1;2-1(3,4)5/h1-5H2;5H. The van der Waals surface area contributed by atoms with E-state index in [-0.39, 0.29) is 0 Å². The molecule has 0 spiro atoms. The summed E-state index contributed by atoms with van der Waals surface area (Å²) in [5.74, 6) is 0. The molecule has 0 aromatic heterocycles. The molecule has 0 atom stereocenters. The summed E-state index contributed by atoms with van der Waals surface area (Å²) in [7, 11) is 0. The molecule has 1 fully saturated rings. The summed E-state index contributed by atoms with van der Waals surface area (Å²) in [5.41, 5.74) is 0. The molecular weight excluding hydrogens is 145 g/mol. The molecule has 0 saturated heterocycles. The lowest BCUT2D eigenvalue weighted by Crippen LogP contribution is -2.01. The Balaban J connectivity index is 0.000000162. The van der Waals surface area contributed by atoms with Crippen LogP contribution >= 0.6 is 0 Å². The van der Waals surface area contributed by atoms with Crippen molar-refractivity contribution in [2.24, 2.45) is 0 Å². The highest BCUT2D eigenvalue weighted by atomic mass is 19.4.